The molecule has 2 aromatic rings. The normalized spacial score (nSPS) is 18.1. The zero-order valence-electron chi connectivity index (χ0n) is 12.2. The minimum atomic E-state index is -0.416. The monoisotopic (exact) mass is 335 g/mol. The fourth-order valence-corrected chi connectivity index (χ4v) is 3.85. The first kappa shape index (κ1) is 15.5. The zero-order valence-corrected chi connectivity index (χ0v) is 13.8. The molecule has 1 amide bonds. The minimum Gasteiger partial charge on any atom is -0.366 e. The highest BCUT2D eigenvalue weighted by Gasteiger charge is 2.21. The van der Waals surface area contributed by atoms with Crippen LogP contribution >= 0.6 is 23.1 Å². The van der Waals surface area contributed by atoms with Crippen LogP contribution in [-0.2, 0) is 9.53 Å². The number of carbonyl (C=O) groups is 1. The van der Waals surface area contributed by atoms with E-state index in [0.29, 0.717) is 13.2 Å². The van der Waals surface area contributed by atoms with Crippen LogP contribution < -0.4 is 10.6 Å². The SMILES string of the molecule is Cc1csc(Sc2ccc(NC(=O)C3CNCCO3)cc2)n1. The van der Waals surface area contributed by atoms with Gasteiger partial charge in [0.25, 0.3) is 5.91 Å². The van der Waals surface area contributed by atoms with E-state index in [-0.39, 0.29) is 5.91 Å². The van der Waals surface area contributed by atoms with Crippen molar-refractivity contribution in [3.63, 3.8) is 0 Å². The number of amides is 1. The number of rotatable bonds is 4. The molecule has 2 N–H and O–H groups in total. The summed E-state index contributed by atoms with van der Waals surface area (Å²) in [6.45, 7) is 3.91. The molecule has 1 aromatic carbocycles. The van der Waals surface area contributed by atoms with Gasteiger partial charge >= 0.3 is 0 Å². The van der Waals surface area contributed by atoms with Crippen molar-refractivity contribution >= 4 is 34.7 Å². The predicted octanol–water partition coefficient (Wildman–Crippen LogP) is 2.53. The molecule has 1 aromatic heterocycles. The van der Waals surface area contributed by atoms with Gasteiger partial charge in [-0.3, -0.25) is 4.79 Å². The van der Waals surface area contributed by atoms with Crippen LogP contribution in [0.3, 0.4) is 0 Å². The average Bonchev–Trinajstić information content (AvgIpc) is 2.95. The van der Waals surface area contributed by atoms with Crippen LogP contribution in [0.1, 0.15) is 5.69 Å². The van der Waals surface area contributed by atoms with Gasteiger partial charge in [-0.05, 0) is 31.2 Å². The molecule has 5 nitrogen and oxygen atoms in total. The Balaban J connectivity index is 1.57. The lowest BCUT2D eigenvalue weighted by Crippen LogP contribution is -2.45. The molecule has 0 bridgehead atoms. The second-order valence-electron chi connectivity index (χ2n) is 4.93. The number of nitrogens with one attached hydrogen (secondary N) is 2. The van der Waals surface area contributed by atoms with Crippen LogP contribution in [0.25, 0.3) is 0 Å². The summed E-state index contributed by atoms with van der Waals surface area (Å²) in [5.41, 5.74) is 1.82. The Kier molecular flexibility index (Phi) is 5.09. The molecule has 1 aliphatic rings. The summed E-state index contributed by atoms with van der Waals surface area (Å²) in [7, 11) is 0. The highest BCUT2D eigenvalue weighted by molar-refractivity contribution is 8.01. The highest BCUT2D eigenvalue weighted by atomic mass is 32.2. The molecule has 22 heavy (non-hydrogen) atoms. The van der Waals surface area contributed by atoms with Crippen molar-refractivity contribution in [3.05, 3.63) is 35.3 Å². The number of nitrogens with zero attached hydrogens (tertiary/aromatic N) is 1. The summed E-state index contributed by atoms with van der Waals surface area (Å²) < 4.78 is 6.46. The van der Waals surface area contributed by atoms with E-state index in [9.17, 15) is 4.79 Å². The fourth-order valence-electron chi connectivity index (χ4n) is 2.04. The van der Waals surface area contributed by atoms with Crippen molar-refractivity contribution in [2.75, 3.05) is 25.0 Å². The summed E-state index contributed by atoms with van der Waals surface area (Å²) in [6, 6.07) is 7.77. The summed E-state index contributed by atoms with van der Waals surface area (Å²) in [4.78, 5) is 17.6. The van der Waals surface area contributed by atoms with Crippen molar-refractivity contribution in [2.24, 2.45) is 0 Å². The molecule has 0 saturated carbocycles. The van der Waals surface area contributed by atoms with E-state index in [2.05, 4.69) is 15.6 Å². The third kappa shape index (κ3) is 4.07. The number of anilines is 1. The van der Waals surface area contributed by atoms with Gasteiger partial charge in [-0.2, -0.15) is 0 Å². The lowest BCUT2D eigenvalue weighted by atomic mass is 10.2. The van der Waals surface area contributed by atoms with Gasteiger partial charge < -0.3 is 15.4 Å². The first-order valence-electron chi connectivity index (χ1n) is 7.04. The maximum atomic E-state index is 12.1. The van der Waals surface area contributed by atoms with Crippen LogP contribution in [-0.4, -0.2) is 36.7 Å². The van der Waals surface area contributed by atoms with Gasteiger partial charge in [-0.25, -0.2) is 4.98 Å². The number of benzene rings is 1. The smallest absolute Gasteiger partial charge is 0.254 e. The number of morpholine rings is 1. The quantitative estimate of drug-likeness (QED) is 0.899. The van der Waals surface area contributed by atoms with Crippen molar-refractivity contribution in [3.8, 4) is 0 Å². The first-order chi connectivity index (χ1) is 10.7. The van der Waals surface area contributed by atoms with Crippen LogP contribution in [0.15, 0.2) is 38.9 Å². The van der Waals surface area contributed by atoms with Gasteiger partial charge in [-0.1, -0.05) is 11.8 Å². The molecule has 1 aliphatic heterocycles. The van der Waals surface area contributed by atoms with Gasteiger partial charge in [-0.15, -0.1) is 11.3 Å². The Hall–Kier alpha value is -1.41. The molecule has 0 radical (unpaired) electrons. The van der Waals surface area contributed by atoms with Gasteiger partial charge in [0.15, 0.2) is 4.34 Å². The van der Waals surface area contributed by atoms with Crippen LogP contribution in [0.5, 0.6) is 0 Å². The van der Waals surface area contributed by atoms with E-state index < -0.39 is 6.10 Å². The molecule has 1 atom stereocenters. The molecular formula is C15H17N3O2S2. The van der Waals surface area contributed by atoms with Gasteiger partial charge in [0.05, 0.1) is 6.61 Å². The number of aryl methyl sites for hydroxylation is 1. The third-order valence-electron chi connectivity index (χ3n) is 3.14. The summed E-state index contributed by atoms with van der Waals surface area (Å²) in [5, 5.41) is 8.06. The van der Waals surface area contributed by atoms with Gasteiger partial charge in [0, 0.05) is 34.7 Å². The Morgan fingerprint density at radius 2 is 2.27 bits per heavy atom. The molecule has 1 unspecified atom stereocenters. The standard InChI is InChI=1S/C15H17N3O2S2/c1-10-9-21-15(17-10)22-12-4-2-11(3-5-12)18-14(19)13-8-16-6-7-20-13/h2-5,9,13,16H,6-8H2,1H3,(H,18,19). The Labute approximate surface area is 137 Å². The van der Waals surface area contributed by atoms with Crippen molar-refractivity contribution < 1.29 is 9.53 Å². The van der Waals surface area contributed by atoms with Crippen LogP contribution in [0.2, 0.25) is 0 Å². The van der Waals surface area contributed by atoms with E-state index in [1.165, 1.54) is 0 Å². The number of carbonyl (C=O) groups excluding carboxylic acids is 1. The second kappa shape index (κ2) is 7.23. The van der Waals surface area contributed by atoms with Crippen LogP contribution in [0, 0.1) is 6.92 Å². The predicted molar refractivity (Wildman–Crippen MR) is 88.7 cm³/mol. The summed E-state index contributed by atoms with van der Waals surface area (Å²) >= 11 is 3.26. The Morgan fingerprint density at radius 1 is 1.45 bits per heavy atom. The maximum Gasteiger partial charge on any atom is 0.254 e. The number of hydrogen-bond acceptors (Lipinski definition) is 6. The lowest BCUT2D eigenvalue weighted by molar-refractivity contribution is -0.128. The molecule has 2 heterocycles. The number of thiazole rings is 1. The third-order valence-corrected chi connectivity index (χ3v) is 5.21. The average molecular weight is 335 g/mol. The molecule has 1 fully saturated rings. The molecule has 0 aliphatic carbocycles. The topological polar surface area (TPSA) is 63.2 Å². The summed E-state index contributed by atoms with van der Waals surface area (Å²) in [6.07, 6.45) is -0.416. The lowest BCUT2D eigenvalue weighted by Gasteiger charge is -2.22. The first-order valence-corrected chi connectivity index (χ1v) is 8.73. The zero-order chi connectivity index (χ0) is 15.4. The van der Waals surface area contributed by atoms with Gasteiger partial charge in [0.1, 0.15) is 6.10 Å². The molecule has 0 spiro atoms. The van der Waals surface area contributed by atoms with Crippen LogP contribution in [0.4, 0.5) is 5.69 Å². The van der Waals surface area contributed by atoms with Gasteiger partial charge in [0.2, 0.25) is 0 Å². The largest absolute Gasteiger partial charge is 0.366 e. The fraction of sp³-hybridized carbons (Fsp3) is 0.333. The van der Waals surface area contributed by atoms with E-state index >= 15 is 0 Å². The second-order valence-corrected chi connectivity index (χ2v) is 7.11. The molecule has 116 valence electrons. The maximum absolute atomic E-state index is 12.1. The Bertz CT molecular complexity index is 636. The van der Waals surface area contributed by atoms with E-state index in [1.54, 1.807) is 23.1 Å². The van der Waals surface area contributed by atoms with E-state index in [0.717, 1.165) is 27.2 Å². The van der Waals surface area contributed by atoms with E-state index in [1.807, 2.05) is 36.6 Å². The Morgan fingerprint density at radius 3 is 2.91 bits per heavy atom. The number of aromatic nitrogens is 1. The molecular weight excluding hydrogens is 318 g/mol. The molecule has 1 saturated heterocycles. The minimum absolute atomic E-state index is 0.108. The van der Waals surface area contributed by atoms with Crippen molar-refractivity contribution in [1.82, 2.24) is 10.3 Å². The van der Waals surface area contributed by atoms with Crippen molar-refractivity contribution in [1.29, 1.82) is 0 Å². The molecule has 3 rings (SSSR count). The summed E-state index contributed by atoms with van der Waals surface area (Å²) in [5.74, 6) is -0.108. The van der Waals surface area contributed by atoms with Crippen molar-refractivity contribution in [2.45, 2.75) is 22.3 Å². The van der Waals surface area contributed by atoms with E-state index in [4.69, 9.17) is 4.74 Å². The highest BCUT2D eigenvalue weighted by Crippen LogP contribution is 2.30. The number of ether oxygens (including phenoxy) is 1. The number of hydrogen-bond donors (Lipinski definition) is 2. The molecule has 7 heteroatoms.